The van der Waals surface area contributed by atoms with Crippen molar-refractivity contribution in [2.24, 2.45) is 0 Å². The van der Waals surface area contributed by atoms with Crippen LogP contribution in [0.5, 0.6) is 0 Å². The Labute approximate surface area is 116 Å². The quantitative estimate of drug-likeness (QED) is 0.857. The lowest BCUT2D eigenvalue weighted by Gasteiger charge is -2.29. The van der Waals surface area contributed by atoms with Gasteiger partial charge in [-0.15, -0.1) is 10.2 Å². The lowest BCUT2D eigenvalue weighted by molar-refractivity contribution is 0.202. The molecule has 2 aromatic rings. The van der Waals surface area contributed by atoms with Crippen LogP contribution >= 0.6 is 11.8 Å². The van der Waals surface area contributed by atoms with Crippen molar-refractivity contribution >= 4 is 11.8 Å². The van der Waals surface area contributed by atoms with E-state index in [0.29, 0.717) is 30.1 Å². The van der Waals surface area contributed by atoms with Gasteiger partial charge in [0.25, 0.3) is 5.89 Å². The van der Waals surface area contributed by atoms with Crippen molar-refractivity contribution in [1.29, 1.82) is 0 Å². The Bertz CT molecular complexity index is 506. The molecule has 19 heavy (non-hydrogen) atoms. The van der Waals surface area contributed by atoms with Crippen molar-refractivity contribution in [3.63, 3.8) is 0 Å². The average Bonchev–Trinajstić information content (AvgIpc) is 3.10. The van der Waals surface area contributed by atoms with Gasteiger partial charge in [-0.2, -0.15) is 11.8 Å². The van der Waals surface area contributed by atoms with Crippen molar-refractivity contribution in [3.8, 4) is 11.7 Å². The minimum Gasteiger partial charge on any atom is -0.459 e. The molecule has 1 fully saturated rings. The zero-order valence-corrected chi connectivity index (χ0v) is 11.7. The minimum absolute atomic E-state index is 0.451. The van der Waals surface area contributed by atoms with E-state index in [4.69, 9.17) is 8.83 Å². The minimum atomic E-state index is 0.451. The Balaban J connectivity index is 1.63. The van der Waals surface area contributed by atoms with Gasteiger partial charge in [0.05, 0.1) is 12.8 Å². The summed E-state index contributed by atoms with van der Waals surface area (Å²) in [5, 5.41) is 8.10. The van der Waals surface area contributed by atoms with Gasteiger partial charge in [0.1, 0.15) is 0 Å². The monoisotopic (exact) mass is 279 g/mol. The third-order valence-corrected chi connectivity index (χ3v) is 4.45. The van der Waals surface area contributed by atoms with Crippen LogP contribution in [0.25, 0.3) is 11.7 Å². The molecule has 3 rings (SSSR count). The van der Waals surface area contributed by atoms with E-state index in [1.807, 2.05) is 23.9 Å². The second-order valence-electron chi connectivity index (χ2n) is 4.74. The van der Waals surface area contributed by atoms with Gasteiger partial charge >= 0.3 is 0 Å². The fraction of sp³-hybridized carbons (Fsp3) is 0.538. The summed E-state index contributed by atoms with van der Waals surface area (Å²) in [6.07, 6.45) is 4.08. The van der Waals surface area contributed by atoms with Gasteiger partial charge in [0.2, 0.25) is 5.89 Å². The largest absolute Gasteiger partial charge is 0.459 e. The Hall–Kier alpha value is -1.27. The molecule has 1 saturated heterocycles. The molecule has 0 unspecified atom stereocenters. The molecule has 0 aliphatic carbocycles. The Morgan fingerprint density at radius 3 is 2.95 bits per heavy atom. The van der Waals surface area contributed by atoms with Gasteiger partial charge in [-0.3, -0.25) is 4.90 Å². The Kier molecular flexibility index (Phi) is 3.89. The lowest BCUT2D eigenvalue weighted by Crippen LogP contribution is -2.34. The van der Waals surface area contributed by atoms with Crippen LogP contribution in [0.2, 0.25) is 0 Å². The van der Waals surface area contributed by atoms with E-state index >= 15 is 0 Å². The topological polar surface area (TPSA) is 55.3 Å². The molecule has 2 aromatic heterocycles. The standard InChI is InChI=1S/C13H17N3O2S/c1-16(10-4-7-19-8-5-10)9-12-14-15-13(18-12)11-3-2-6-17-11/h2-3,6,10H,4-5,7-9H2,1H3. The molecule has 0 radical (unpaired) electrons. The van der Waals surface area contributed by atoms with E-state index in [9.17, 15) is 0 Å². The molecular weight excluding hydrogens is 262 g/mol. The number of nitrogens with zero attached hydrogens (tertiary/aromatic N) is 3. The maximum Gasteiger partial charge on any atom is 0.283 e. The van der Waals surface area contributed by atoms with Crippen LogP contribution in [0.1, 0.15) is 18.7 Å². The molecule has 0 bridgehead atoms. The first kappa shape index (κ1) is 12.7. The van der Waals surface area contributed by atoms with E-state index in [2.05, 4.69) is 22.1 Å². The van der Waals surface area contributed by atoms with Crippen molar-refractivity contribution in [2.75, 3.05) is 18.6 Å². The molecule has 6 heteroatoms. The summed E-state index contributed by atoms with van der Waals surface area (Å²) in [6.45, 7) is 0.697. The molecule has 3 heterocycles. The van der Waals surface area contributed by atoms with E-state index in [-0.39, 0.29) is 0 Å². The van der Waals surface area contributed by atoms with Gasteiger partial charge in [0.15, 0.2) is 5.76 Å². The van der Waals surface area contributed by atoms with Crippen LogP contribution in [0, 0.1) is 0 Å². The number of rotatable bonds is 4. The highest BCUT2D eigenvalue weighted by Crippen LogP contribution is 2.23. The highest BCUT2D eigenvalue weighted by molar-refractivity contribution is 7.99. The van der Waals surface area contributed by atoms with Crippen LogP contribution in [-0.2, 0) is 6.54 Å². The van der Waals surface area contributed by atoms with E-state index in [1.165, 1.54) is 24.3 Å². The van der Waals surface area contributed by atoms with E-state index < -0.39 is 0 Å². The first-order valence-corrected chi connectivity index (χ1v) is 7.62. The molecule has 102 valence electrons. The SMILES string of the molecule is CN(Cc1nnc(-c2ccco2)o1)C1CCSCC1. The van der Waals surface area contributed by atoms with E-state index in [0.717, 1.165) is 0 Å². The third-order valence-electron chi connectivity index (χ3n) is 3.40. The zero-order chi connectivity index (χ0) is 13.1. The predicted octanol–water partition coefficient (Wildman–Crippen LogP) is 2.66. The smallest absolute Gasteiger partial charge is 0.283 e. The van der Waals surface area contributed by atoms with Crippen molar-refractivity contribution in [1.82, 2.24) is 15.1 Å². The Morgan fingerprint density at radius 1 is 1.37 bits per heavy atom. The van der Waals surface area contributed by atoms with Crippen LogP contribution in [-0.4, -0.2) is 39.7 Å². The number of aromatic nitrogens is 2. The normalized spacial score (nSPS) is 17.2. The second kappa shape index (κ2) is 5.79. The Morgan fingerprint density at radius 2 is 2.21 bits per heavy atom. The van der Waals surface area contributed by atoms with Crippen molar-refractivity contribution in [2.45, 2.75) is 25.4 Å². The molecule has 0 aromatic carbocycles. The van der Waals surface area contributed by atoms with Gasteiger partial charge in [-0.1, -0.05) is 0 Å². The zero-order valence-electron chi connectivity index (χ0n) is 10.9. The molecule has 0 saturated carbocycles. The molecule has 0 N–H and O–H groups in total. The summed E-state index contributed by atoms with van der Waals surface area (Å²) < 4.78 is 10.9. The first-order chi connectivity index (χ1) is 9.33. The summed E-state index contributed by atoms with van der Waals surface area (Å²) in [5.41, 5.74) is 0. The predicted molar refractivity (Wildman–Crippen MR) is 73.8 cm³/mol. The van der Waals surface area contributed by atoms with Gasteiger partial charge in [-0.25, -0.2) is 0 Å². The lowest BCUT2D eigenvalue weighted by atomic mass is 10.1. The summed E-state index contributed by atoms with van der Waals surface area (Å²) in [4.78, 5) is 2.30. The van der Waals surface area contributed by atoms with Crippen LogP contribution in [0.4, 0.5) is 0 Å². The first-order valence-electron chi connectivity index (χ1n) is 6.47. The number of hydrogen-bond donors (Lipinski definition) is 0. The summed E-state index contributed by atoms with van der Waals surface area (Å²) in [7, 11) is 2.12. The maximum atomic E-state index is 5.63. The molecule has 0 spiro atoms. The van der Waals surface area contributed by atoms with Crippen molar-refractivity contribution < 1.29 is 8.83 Å². The van der Waals surface area contributed by atoms with Crippen LogP contribution in [0.3, 0.4) is 0 Å². The van der Waals surface area contributed by atoms with Gasteiger partial charge in [-0.05, 0) is 43.5 Å². The van der Waals surface area contributed by atoms with E-state index in [1.54, 1.807) is 6.26 Å². The summed E-state index contributed by atoms with van der Waals surface area (Å²) in [6, 6.07) is 4.25. The highest BCUT2D eigenvalue weighted by Gasteiger charge is 2.20. The third kappa shape index (κ3) is 3.01. The fourth-order valence-corrected chi connectivity index (χ4v) is 3.37. The number of thioether (sulfide) groups is 1. The number of furan rings is 1. The molecule has 0 amide bonds. The summed E-state index contributed by atoms with van der Waals surface area (Å²) >= 11 is 2.03. The fourth-order valence-electron chi connectivity index (χ4n) is 2.29. The molecule has 1 aliphatic heterocycles. The average molecular weight is 279 g/mol. The maximum absolute atomic E-state index is 5.63. The second-order valence-corrected chi connectivity index (χ2v) is 5.96. The van der Waals surface area contributed by atoms with Crippen molar-refractivity contribution in [3.05, 3.63) is 24.3 Å². The molecule has 5 nitrogen and oxygen atoms in total. The highest BCUT2D eigenvalue weighted by atomic mass is 32.2. The number of hydrogen-bond acceptors (Lipinski definition) is 6. The molecular formula is C13H17N3O2S. The molecule has 0 atom stereocenters. The van der Waals surface area contributed by atoms with Gasteiger partial charge in [0, 0.05) is 6.04 Å². The van der Waals surface area contributed by atoms with Crippen LogP contribution in [0.15, 0.2) is 27.2 Å². The van der Waals surface area contributed by atoms with Crippen LogP contribution < -0.4 is 0 Å². The van der Waals surface area contributed by atoms with Gasteiger partial charge < -0.3 is 8.83 Å². The summed E-state index contributed by atoms with van der Waals surface area (Å²) in [5.74, 6) is 4.21. The molecule has 1 aliphatic rings.